The molecule has 0 amide bonds. The molecule has 0 aliphatic rings. The summed E-state index contributed by atoms with van der Waals surface area (Å²) in [7, 11) is 0. The maximum absolute atomic E-state index is 11.9. The summed E-state index contributed by atoms with van der Waals surface area (Å²) in [6.07, 6.45) is 50.0. The van der Waals surface area contributed by atoms with Crippen molar-refractivity contribution < 1.29 is 19.8 Å². The van der Waals surface area contributed by atoms with Crippen LogP contribution in [0.25, 0.3) is 0 Å². The fourth-order valence-corrected chi connectivity index (χ4v) is 4.92. The van der Waals surface area contributed by atoms with Gasteiger partial charge in [-0.15, -0.1) is 0 Å². The molecule has 4 nitrogen and oxygen atoms in total. The Morgan fingerprint density at radius 3 is 1.09 bits per heavy atom. The average Bonchev–Trinajstić information content (AvgIpc) is 3.00. The van der Waals surface area contributed by atoms with Crippen molar-refractivity contribution in [3.8, 4) is 0 Å². The molecule has 2 atom stereocenters. The van der Waals surface area contributed by atoms with Crippen LogP contribution < -0.4 is 0 Å². The molecule has 0 fully saturated rings. The van der Waals surface area contributed by atoms with Crippen molar-refractivity contribution in [3.05, 3.63) is 85.1 Å². The molecule has 0 radical (unpaired) electrons. The molecule has 0 aliphatic carbocycles. The Morgan fingerprint density at radius 2 is 0.727 bits per heavy atom. The minimum atomic E-state index is -1.00. The summed E-state index contributed by atoms with van der Waals surface area (Å²) in [5.74, 6) is -3.68. The maximum Gasteiger partial charge on any atom is 0.307 e. The quantitative estimate of drug-likeness (QED) is 0.0628. The lowest BCUT2D eigenvalue weighted by Gasteiger charge is -2.19. The van der Waals surface area contributed by atoms with Gasteiger partial charge in [-0.05, 0) is 89.9 Å². The summed E-state index contributed by atoms with van der Waals surface area (Å²) >= 11 is 0. The Morgan fingerprint density at radius 1 is 0.409 bits per heavy atom. The molecular formula is C40H64O4. The molecule has 2 N–H and O–H groups in total. The summed E-state index contributed by atoms with van der Waals surface area (Å²) < 4.78 is 0. The van der Waals surface area contributed by atoms with E-state index in [1.165, 1.54) is 51.4 Å². The van der Waals surface area contributed by atoms with Crippen LogP contribution >= 0.6 is 0 Å². The van der Waals surface area contributed by atoms with Gasteiger partial charge in [-0.1, -0.05) is 137 Å². The van der Waals surface area contributed by atoms with Gasteiger partial charge in [0, 0.05) is 0 Å². The second kappa shape index (κ2) is 33.0. The molecule has 0 aromatic carbocycles. The van der Waals surface area contributed by atoms with Gasteiger partial charge in [0.15, 0.2) is 0 Å². The molecule has 44 heavy (non-hydrogen) atoms. The largest absolute Gasteiger partial charge is 0.481 e. The maximum atomic E-state index is 11.9. The topological polar surface area (TPSA) is 74.6 Å². The molecule has 0 aromatic rings. The lowest BCUT2D eigenvalue weighted by atomic mass is 9.84. The summed E-state index contributed by atoms with van der Waals surface area (Å²) in [5, 5.41) is 19.5. The number of carboxylic acids is 2. The van der Waals surface area contributed by atoms with Crippen molar-refractivity contribution in [2.75, 3.05) is 0 Å². The van der Waals surface area contributed by atoms with E-state index in [9.17, 15) is 19.8 Å². The van der Waals surface area contributed by atoms with Gasteiger partial charge in [0.1, 0.15) is 0 Å². The molecule has 248 valence electrons. The minimum absolute atomic E-state index is 0.353. The molecule has 0 saturated heterocycles. The number of unbranched alkanes of at least 4 members (excludes halogenated alkanes) is 9. The van der Waals surface area contributed by atoms with E-state index < -0.39 is 23.8 Å². The Bertz CT molecular complexity index is 887. The Hall–Kier alpha value is -2.88. The van der Waals surface area contributed by atoms with Crippen LogP contribution in [-0.4, -0.2) is 22.2 Å². The molecule has 0 rings (SSSR count). The summed E-state index contributed by atoms with van der Waals surface area (Å²) in [4.78, 5) is 23.8. The van der Waals surface area contributed by atoms with E-state index >= 15 is 0 Å². The molecule has 0 spiro atoms. The smallest absolute Gasteiger partial charge is 0.307 e. The van der Waals surface area contributed by atoms with Crippen LogP contribution in [0.4, 0.5) is 0 Å². The van der Waals surface area contributed by atoms with Gasteiger partial charge < -0.3 is 10.2 Å². The molecule has 0 saturated carbocycles. The number of hydrogen-bond donors (Lipinski definition) is 2. The number of allylic oxidation sites excluding steroid dienone is 14. The minimum Gasteiger partial charge on any atom is -0.481 e. The van der Waals surface area contributed by atoms with Crippen molar-refractivity contribution in [3.63, 3.8) is 0 Å². The first-order valence-corrected chi connectivity index (χ1v) is 17.5. The standard InChI is InChI=1S/C40H64O4/c1-3-5-7-9-11-13-15-17-19-21-23-25-27-29-31-33-35-37(39(41)42)38(40(43)44)36-34-32-30-28-26-24-22-20-18-16-14-12-10-8-6-4-2/h11-14,17-20,23-26,29,31,37-38H,3-10,15-16,21-22,27-28,30,32-36H2,1-2H3,(H,41,42)(H,43,44)/b13-11-,14-12+,19-17-,20-18+,25-23-,26-24+,31-29-. The van der Waals surface area contributed by atoms with Gasteiger partial charge in [0.25, 0.3) is 0 Å². The molecule has 4 heteroatoms. The zero-order valence-electron chi connectivity index (χ0n) is 28.1. The van der Waals surface area contributed by atoms with Crippen LogP contribution in [0.1, 0.15) is 142 Å². The highest BCUT2D eigenvalue weighted by Gasteiger charge is 2.32. The van der Waals surface area contributed by atoms with Crippen molar-refractivity contribution >= 4 is 11.9 Å². The Labute approximate surface area is 270 Å². The van der Waals surface area contributed by atoms with Crippen LogP contribution in [0.15, 0.2) is 85.1 Å². The monoisotopic (exact) mass is 608 g/mol. The van der Waals surface area contributed by atoms with Crippen molar-refractivity contribution in [1.29, 1.82) is 0 Å². The van der Waals surface area contributed by atoms with Gasteiger partial charge in [-0.3, -0.25) is 9.59 Å². The summed E-state index contributed by atoms with van der Waals surface area (Å²) in [5.41, 5.74) is 0. The number of rotatable bonds is 30. The lowest BCUT2D eigenvalue weighted by molar-refractivity contribution is -0.154. The number of carboxylic acid groups (broad SMARTS) is 2. The first-order valence-electron chi connectivity index (χ1n) is 17.5. The molecule has 0 heterocycles. The summed E-state index contributed by atoms with van der Waals surface area (Å²) in [6, 6.07) is 0. The molecule has 0 aromatic heterocycles. The molecular weight excluding hydrogens is 544 g/mol. The third-order valence-corrected chi connectivity index (χ3v) is 7.63. The SMILES string of the molecule is CCCCC/C=C\C/C=C\C/C=C\C/C=C\CCC(C(=O)O)C(CCCCC/C=C/C/C=C/C/C=C/CCCCC)C(=O)O. The van der Waals surface area contributed by atoms with E-state index in [-0.39, 0.29) is 0 Å². The predicted molar refractivity (Wildman–Crippen MR) is 190 cm³/mol. The van der Waals surface area contributed by atoms with Crippen LogP contribution in [0, 0.1) is 11.8 Å². The van der Waals surface area contributed by atoms with Gasteiger partial charge >= 0.3 is 11.9 Å². The van der Waals surface area contributed by atoms with Gasteiger partial charge in [0.2, 0.25) is 0 Å². The highest BCUT2D eigenvalue weighted by atomic mass is 16.4. The zero-order chi connectivity index (χ0) is 32.4. The van der Waals surface area contributed by atoms with Crippen LogP contribution in [-0.2, 0) is 9.59 Å². The van der Waals surface area contributed by atoms with Crippen LogP contribution in [0.5, 0.6) is 0 Å². The fourth-order valence-electron chi connectivity index (χ4n) is 4.92. The fraction of sp³-hybridized carbons (Fsp3) is 0.600. The van der Waals surface area contributed by atoms with E-state index in [2.05, 4.69) is 86.8 Å². The van der Waals surface area contributed by atoms with Gasteiger partial charge in [-0.25, -0.2) is 0 Å². The van der Waals surface area contributed by atoms with E-state index in [1.807, 2.05) is 12.2 Å². The molecule has 2 unspecified atom stereocenters. The summed E-state index contributed by atoms with van der Waals surface area (Å²) in [6.45, 7) is 4.45. The number of hydrogen-bond acceptors (Lipinski definition) is 2. The van der Waals surface area contributed by atoms with E-state index in [1.54, 1.807) is 0 Å². The van der Waals surface area contributed by atoms with E-state index in [0.717, 1.165) is 57.8 Å². The first-order chi connectivity index (χ1) is 21.5. The van der Waals surface area contributed by atoms with Crippen molar-refractivity contribution in [1.82, 2.24) is 0 Å². The van der Waals surface area contributed by atoms with Crippen LogP contribution in [0.3, 0.4) is 0 Å². The molecule has 0 bridgehead atoms. The van der Waals surface area contributed by atoms with Crippen molar-refractivity contribution in [2.45, 2.75) is 142 Å². The molecule has 0 aliphatic heterocycles. The van der Waals surface area contributed by atoms with Crippen LogP contribution in [0.2, 0.25) is 0 Å². The van der Waals surface area contributed by atoms with E-state index in [4.69, 9.17) is 0 Å². The third-order valence-electron chi connectivity index (χ3n) is 7.63. The normalized spacial score (nSPS) is 14.1. The second-order valence-electron chi connectivity index (χ2n) is 11.6. The van der Waals surface area contributed by atoms with Gasteiger partial charge in [-0.2, -0.15) is 0 Å². The Kier molecular flexibility index (Phi) is 30.9. The highest BCUT2D eigenvalue weighted by Crippen LogP contribution is 2.25. The highest BCUT2D eigenvalue weighted by molar-refractivity contribution is 5.79. The predicted octanol–water partition coefficient (Wildman–Crippen LogP) is 12.1. The third kappa shape index (κ3) is 27.9. The van der Waals surface area contributed by atoms with E-state index in [0.29, 0.717) is 19.3 Å². The Balaban J connectivity index is 4.14. The first kappa shape index (κ1) is 41.1. The number of carbonyl (C=O) groups is 2. The van der Waals surface area contributed by atoms with Gasteiger partial charge in [0.05, 0.1) is 11.8 Å². The zero-order valence-corrected chi connectivity index (χ0v) is 28.1. The second-order valence-corrected chi connectivity index (χ2v) is 11.6. The number of aliphatic carboxylic acids is 2. The van der Waals surface area contributed by atoms with Crippen molar-refractivity contribution in [2.24, 2.45) is 11.8 Å². The average molecular weight is 609 g/mol. The lowest BCUT2D eigenvalue weighted by Crippen LogP contribution is -2.29.